The van der Waals surface area contributed by atoms with Gasteiger partial charge < -0.3 is 5.32 Å². The van der Waals surface area contributed by atoms with Gasteiger partial charge in [-0.05, 0) is 69.2 Å². The van der Waals surface area contributed by atoms with E-state index in [4.69, 9.17) is 0 Å². The van der Waals surface area contributed by atoms with Crippen LogP contribution in [-0.2, 0) is 0 Å². The number of nitrogens with one attached hydrogen (secondary N) is 1. The molecule has 1 aliphatic carbocycles. The molecule has 0 aliphatic heterocycles. The summed E-state index contributed by atoms with van der Waals surface area (Å²) in [6.07, 6.45) is 6.83. The highest BCUT2D eigenvalue weighted by Gasteiger charge is 2.26. The van der Waals surface area contributed by atoms with Gasteiger partial charge in [0, 0.05) is 0 Å². The third-order valence-corrected chi connectivity index (χ3v) is 4.57. The van der Waals surface area contributed by atoms with Gasteiger partial charge in [0.25, 0.3) is 0 Å². The second kappa shape index (κ2) is 7.09. The molecule has 0 radical (unpaired) electrons. The average Bonchev–Trinajstić information content (AvgIpc) is 2.40. The number of hydrogen-bond donors (Lipinski definition) is 1. The van der Waals surface area contributed by atoms with Crippen molar-refractivity contribution in [2.45, 2.75) is 58.8 Å². The number of rotatable bonds is 5. The Bertz CT molecular complexity index is 397. The molecule has 0 spiro atoms. The highest BCUT2D eigenvalue weighted by atomic mass is 14.9. The van der Waals surface area contributed by atoms with Gasteiger partial charge in [-0.25, -0.2) is 0 Å². The quantitative estimate of drug-likeness (QED) is 0.763. The zero-order valence-electron chi connectivity index (χ0n) is 12.8. The van der Waals surface area contributed by atoms with Crippen molar-refractivity contribution >= 4 is 0 Å². The van der Waals surface area contributed by atoms with E-state index >= 15 is 0 Å². The third-order valence-electron chi connectivity index (χ3n) is 4.57. The highest BCUT2D eigenvalue weighted by Crippen LogP contribution is 2.38. The van der Waals surface area contributed by atoms with Crippen molar-refractivity contribution in [3.8, 4) is 0 Å². The Morgan fingerprint density at radius 2 is 1.95 bits per heavy atom. The van der Waals surface area contributed by atoms with Crippen LogP contribution in [0.1, 0.15) is 61.6 Å². The minimum atomic E-state index is 0.777. The topological polar surface area (TPSA) is 12.0 Å². The van der Waals surface area contributed by atoms with Gasteiger partial charge in [0.05, 0.1) is 0 Å². The normalized spacial score (nSPS) is 23.5. The van der Waals surface area contributed by atoms with Crippen LogP contribution in [0.15, 0.2) is 18.2 Å². The fourth-order valence-corrected chi connectivity index (χ4v) is 3.57. The second-order valence-electron chi connectivity index (χ2n) is 6.22. The standard InChI is InChI=1S/C18H29N/c1-4-11-19-13-16-7-5-6-8-18(16)17-10-9-14(2)12-15(17)3/h9-10,12,16,18-19H,4-8,11,13H2,1-3H3. The second-order valence-corrected chi connectivity index (χ2v) is 6.22. The van der Waals surface area contributed by atoms with Gasteiger partial charge in [-0.3, -0.25) is 0 Å². The lowest BCUT2D eigenvalue weighted by atomic mass is 9.74. The summed E-state index contributed by atoms with van der Waals surface area (Å²) in [6, 6.07) is 7.02. The first kappa shape index (κ1) is 14.6. The van der Waals surface area contributed by atoms with Crippen molar-refractivity contribution in [3.63, 3.8) is 0 Å². The number of benzene rings is 1. The highest BCUT2D eigenvalue weighted by molar-refractivity contribution is 5.33. The molecule has 2 unspecified atom stereocenters. The molecular weight excluding hydrogens is 230 g/mol. The largest absolute Gasteiger partial charge is 0.316 e. The lowest BCUT2D eigenvalue weighted by Gasteiger charge is -2.33. The van der Waals surface area contributed by atoms with Crippen LogP contribution in [0.3, 0.4) is 0 Å². The molecule has 0 heterocycles. The molecule has 2 atom stereocenters. The molecule has 1 fully saturated rings. The molecule has 0 saturated heterocycles. The number of hydrogen-bond acceptors (Lipinski definition) is 1. The van der Waals surface area contributed by atoms with Crippen molar-refractivity contribution in [2.75, 3.05) is 13.1 Å². The van der Waals surface area contributed by atoms with E-state index in [-0.39, 0.29) is 0 Å². The maximum atomic E-state index is 3.64. The molecule has 1 aromatic rings. The molecule has 1 N–H and O–H groups in total. The summed E-state index contributed by atoms with van der Waals surface area (Å²) in [4.78, 5) is 0. The average molecular weight is 259 g/mol. The molecule has 1 heteroatoms. The van der Waals surface area contributed by atoms with Gasteiger partial charge in [0.2, 0.25) is 0 Å². The first-order valence-corrected chi connectivity index (χ1v) is 8.00. The fraction of sp³-hybridized carbons (Fsp3) is 0.667. The van der Waals surface area contributed by atoms with Crippen LogP contribution in [0.25, 0.3) is 0 Å². The Hall–Kier alpha value is -0.820. The van der Waals surface area contributed by atoms with E-state index in [1.54, 1.807) is 5.56 Å². The van der Waals surface area contributed by atoms with Crippen LogP contribution in [0.2, 0.25) is 0 Å². The summed E-state index contributed by atoms with van der Waals surface area (Å²) in [6.45, 7) is 9.09. The summed E-state index contributed by atoms with van der Waals surface area (Å²) < 4.78 is 0. The summed E-state index contributed by atoms with van der Waals surface area (Å²) >= 11 is 0. The maximum absolute atomic E-state index is 3.64. The molecular formula is C18H29N. The molecule has 2 rings (SSSR count). The van der Waals surface area contributed by atoms with Crippen LogP contribution in [0.4, 0.5) is 0 Å². The predicted molar refractivity (Wildman–Crippen MR) is 83.8 cm³/mol. The summed E-state index contributed by atoms with van der Waals surface area (Å²) in [7, 11) is 0. The van der Waals surface area contributed by atoms with E-state index in [1.165, 1.54) is 49.8 Å². The molecule has 1 saturated carbocycles. The van der Waals surface area contributed by atoms with E-state index in [1.807, 2.05) is 0 Å². The van der Waals surface area contributed by atoms with Crippen LogP contribution in [0.5, 0.6) is 0 Å². The SMILES string of the molecule is CCCNCC1CCCCC1c1ccc(C)cc1C. The van der Waals surface area contributed by atoms with Gasteiger partial charge in [0.15, 0.2) is 0 Å². The zero-order chi connectivity index (χ0) is 13.7. The lowest BCUT2D eigenvalue weighted by Crippen LogP contribution is -2.30. The summed E-state index contributed by atoms with van der Waals surface area (Å²) in [5.41, 5.74) is 4.48. The van der Waals surface area contributed by atoms with Crippen LogP contribution >= 0.6 is 0 Å². The van der Waals surface area contributed by atoms with Crippen LogP contribution in [-0.4, -0.2) is 13.1 Å². The maximum Gasteiger partial charge on any atom is -0.00147 e. The molecule has 1 aliphatic rings. The Labute approximate surface area is 118 Å². The Balaban J connectivity index is 2.09. The Kier molecular flexibility index (Phi) is 5.45. The Morgan fingerprint density at radius 3 is 2.68 bits per heavy atom. The smallest absolute Gasteiger partial charge is 0.00147 e. The Morgan fingerprint density at radius 1 is 1.16 bits per heavy atom. The van der Waals surface area contributed by atoms with Crippen molar-refractivity contribution in [1.82, 2.24) is 5.32 Å². The van der Waals surface area contributed by atoms with E-state index in [9.17, 15) is 0 Å². The molecule has 1 nitrogen and oxygen atoms in total. The van der Waals surface area contributed by atoms with Gasteiger partial charge >= 0.3 is 0 Å². The third kappa shape index (κ3) is 3.82. The fourth-order valence-electron chi connectivity index (χ4n) is 3.57. The van der Waals surface area contributed by atoms with E-state index < -0.39 is 0 Å². The van der Waals surface area contributed by atoms with E-state index in [0.717, 1.165) is 18.4 Å². The minimum Gasteiger partial charge on any atom is -0.316 e. The molecule has 0 aromatic heterocycles. The minimum absolute atomic E-state index is 0.777. The van der Waals surface area contributed by atoms with Crippen molar-refractivity contribution in [1.29, 1.82) is 0 Å². The van der Waals surface area contributed by atoms with Gasteiger partial charge in [-0.15, -0.1) is 0 Å². The van der Waals surface area contributed by atoms with Gasteiger partial charge in [-0.2, -0.15) is 0 Å². The number of aryl methyl sites for hydroxylation is 2. The van der Waals surface area contributed by atoms with E-state index in [0.29, 0.717) is 0 Å². The lowest BCUT2D eigenvalue weighted by molar-refractivity contribution is 0.295. The predicted octanol–water partition coefficient (Wildman–Crippen LogP) is 4.58. The molecule has 1 aromatic carbocycles. The van der Waals surface area contributed by atoms with E-state index in [2.05, 4.69) is 44.3 Å². The van der Waals surface area contributed by atoms with Crippen molar-refractivity contribution in [3.05, 3.63) is 34.9 Å². The molecule has 106 valence electrons. The first-order valence-electron chi connectivity index (χ1n) is 8.00. The molecule has 0 bridgehead atoms. The zero-order valence-corrected chi connectivity index (χ0v) is 12.8. The summed E-state index contributed by atoms with van der Waals surface area (Å²) in [5, 5.41) is 3.64. The first-order chi connectivity index (χ1) is 9.22. The monoisotopic (exact) mass is 259 g/mol. The van der Waals surface area contributed by atoms with Crippen molar-refractivity contribution in [2.24, 2.45) is 5.92 Å². The van der Waals surface area contributed by atoms with Crippen LogP contribution < -0.4 is 5.32 Å². The van der Waals surface area contributed by atoms with Gasteiger partial charge in [0.1, 0.15) is 0 Å². The molecule has 0 amide bonds. The summed E-state index contributed by atoms with van der Waals surface area (Å²) in [5.74, 6) is 1.61. The van der Waals surface area contributed by atoms with Crippen LogP contribution in [0, 0.1) is 19.8 Å². The van der Waals surface area contributed by atoms with Crippen molar-refractivity contribution < 1.29 is 0 Å². The van der Waals surface area contributed by atoms with Gasteiger partial charge in [-0.1, -0.05) is 43.5 Å². The molecule has 19 heavy (non-hydrogen) atoms.